The van der Waals surface area contributed by atoms with Crippen molar-refractivity contribution in [2.24, 2.45) is 11.8 Å². The van der Waals surface area contributed by atoms with E-state index >= 15 is 0 Å². The van der Waals surface area contributed by atoms with Crippen molar-refractivity contribution in [1.82, 2.24) is 25.3 Å². The van der Waals surface area contributed by atoms with Gasteiger partial charge in [0, 0.05) is 36.5 Å². The van der Waals surface area contributed by atoms with E-state index < -0.39 is 30.3 Å². The Morgan fingerprint density at radius 1 is 0.717 bits per heavy atom. The van der Waals surface area contributed by atoms with Gasteiger partial charge < -0.3 is 40.5 Å². The van der Waals surface area contributed by atoms with Crippen molar-refractivity contribution in [1.29, 1.82) is 0 Å². The van der Waals surface area contributed by atoms with Gasteiger partial charge in [0.15, 0.2) is 0 Å². The molecule has 6 amide bonds. The first-order chi connectivity index (χ1) is 28.8. The minimum atomic E-state index is -0.804. The molecule has 0 aromatic heterocycles. The number of methoxy groups -OCH3 is 2. The van der Waals surface area contributed by atoms with Crippen LogP contribution in [0.4, 0.5) is 21.0 Å². The van der Waals surface area contributed by atoms with Gasteiger partial charge in [0.05, 0.1) is 14.2 Å². The fraction of sp³-hybridized carbons (Fsp3) is 0.467. The monoisotopic (exact) mass is 821 g/mol. The van der Waals surface area contributed by atoms with E-state index in [0.29, 0.717) is 43.7 Å². The van der Waals surface area contributed by atoms with Gasteiger partial charge in [-0.1, -0.05) is 57.2 Å². The number of anilines is 2. The number of likely N-dealkylation sites (tertiary alicyclic amines) is 2. The minimum absolute atomic E-state index is 0.136. The lowest BCUT2D eigenvalue weighted by Crippen LogP contribution is -2.54. The van der Waals surface area contributed by atoms with E-state index in [0.717, 1.165) is 35.1 Å². The molecule has 3 fully saturated rings. The third kappa shape index (κ3) is 8.40. The van der Waals surface area contributed by atoms with Crippen LogP contribution in [0.3, 0.4) is 0 Å². The summed E-state index contributed by atoms with van der Waals surface area (Å²) in [7, 11) is 4.66. The molecule has 4 aliphatic heterocycles. The number of carbonyl (C=O) groups excluding carboxylic acids is 6. The average Bonchev–Trinajstić information content (AvgIpc) is 4.05. The highest BCUT2D eigenvalue weighted by Gasteiger charge is 2.45. The smallest absolute Gasteiger partial charge is 0.407 e. The maximum absolute atomic E-state index is 13.6. The van der Waals surface area contributed by atoms with Crippen molar-refractivity contribution in [3.8, 4) is 22.3 Å². The Labute approximate surface area is 350 Å². The Balaban J connectivity index is 1.05. The molecule has 0 spiro atoms. The Kier molecular flexibility index (Phi) is 12.5. The van der Waals surface area contributed by atoms with Crippen LogP contribution in [0, 0.1) is 11.8 Å². The van der Waals surface area contributed by atoms with E-state index in [1.54, 1.807) is 4.90 Å². The molecular weight excluding hydrogens is 767 g/mol. The van der Waals surface area contributed by atoms with E-state index in [4.69, 9.17) is 4.74 Å². The summed E-state index contributed by atoms with van der Waals surface area (Å²) >= 11 is 0. The SMILES string of the molecule is COC(=O)NCC(=O)N1C[C@H](C)C[C@H]1C(=O)Nc1ccc(-c2ccc(-c3ccc(NC(=O)[C@@H]4CCCN4C(=O)[C@@H](NC(=O)OC)C(C)C)cc3)c3c2C2CCC3N2C)cc1. The average molecular weight is 822 g/mol. The summed E-state index contributed by atoms with van der Waals surface area (Å²) in [5.74, 6) is -1.23. The van der Waals surface area contributed by atoms with Crippen LogP contribution in [0.1, 0.15) is 76.1 Å². The van der Waals surface area contributed by atoms with Crippen molar-refractivity contribution in [3.63, 3.8) is 0 Å². The second kappa shape index (κ2) is 17.7. The normalized spacial score (nSPS) is 22.3. The van der Waals surface area contributed by atoms with Crippen LogP contribution in [0.5, 0.6) is 0 Å². The second-order valence-corrected chi connectivity index (χ2v) is 16.7. The molecule has 0 radical (unpaired) electrons. The number of amides is 6. The summed E-state index contributed by atoms with van der Waals surface area (Å²) < 4.78 is 9.30. The lowest BCUT2D eigenvalue weighted by atomic mass is 9.81. The van der Waals surface area contributed by atoms with Crippen LogP contribution >= 0.6 is 0 Å². The van der Waals surface area contributed by atoms with Gasteiger partial charge in [-0.15, -0.1) is 0 Å². The summed E-state index contributed by atoms with van der Waals surface area (Å²) in [6.07, 6.45) is 2.48. The highest BCUT2D eigenvalue weighted by atomic mass is 16.5. The molecule has 15 nitrogen and oxygen atoms in total. The maximum atomic E-state index is 13.6. The molecule has 0 aliphatic carbocycles. The Morgan fingerprint density at radius 3 is 1.77 bits per heavy atom. The number of ether oxygens (including phenoxy) is 2. The topological polar surface area (TPSA) is 179 Å². The number of alkyl carbamates (subject to hydrolysis) is 2. The van der Waals surface area contributed by atoms with E-state index in [1.807, 2.05) is 69.3 Å². The molecule has 3 aromatic rings. The molecule has 2 bridgehead atoms. The molecular formula is C45H55N7O8. The van der Waals surface area contributed by atoms with E-state index in [1.165, 1.54) is 30.2 Å². The number of hydrogen-bond acceptors (Lipinski definition) is 9. The maximum Gasteiger partial charge on any atom is 0.407 e. The third-order valence-electron chi connectivity index (χ3n) is 12.5. The van der Waals surface area contributed by atoms with E-state index in [-0.39, 0.29) is 54.1 Å². The Hall–Kier alpha value is -5.96. The fourth-order valence-corrected chi connectivity index (χ4v) is 9.48. The van der Waals surface area contributed by atoms with Crippen molar-refractivity contribution < 1.29 is 38.2 Å². The van der Waals surface area contributed by atoms with Gasteiger partial charge in [-0.05, 0) is 109 Å². The van der Waals surface area contributed by atoms with Gasteiger partial charge in [0.25, 0.3) is 0 Å². The largest absolute Gasteiger partial charge is 0.453 e. The predicted molar refractivity (Wildman–Crippen MR) is 226 cm³/mol. The highest BCUT2D eigenvalue weighted by molar-refractivity contribution is 6.00. The zero-order valence-corrected chi connectivity index (χ0v) is 35.1. The first-order valence-corrected chi connectivity index (χ1v) is 20.8. The minimum Gasteiger partial charge on any atom is -0.453 e. The van der Waals surface area contributed by atoms with Crippen LogP contribution in [0.25, 0.3) is 22.3 Å². The second-order valence-electron chi connectivity index (χ2n) is 16.7. The molecule has 0 saturated carbocycles. The van der Waals surface area contributed by atoms with Crippen LogP contribution in [0.2, 0.25) is 0 Å². The van der Waals surface area contributed by atoms with Crippen molar-refractivity contribution in [2.45, 2.75) is 83.1 Å². The molecule has 3 saturated heterocycles. The van der Waals surface area contributed by atoms with Crippen LogP contribution in [0.15, 0.2) is 60.7 Å². The third-order valence-corrected chi connectivity index (χ3v) is 12.5. The fourth-order valence-electron chi connectivity index (χ4n) is 9.48. The lowest BCUT2D eigenvalue weighted by molar-refractivity contribution is -0.139. The molecule has 318 valence electrons. The number of carbonyl (C=O) groups is 6. The van der Waals surface area contributed by atoms with Gasteiger partial charge in [0.2, 0.25) is 23.6 Å². The lowest BCUT2D eigenvalue weighted by Gasteiger charge is -2.30. The zero-order valence-electron chi connectivity index (χ0n) is 35.1. The summed E-state index contributed by atoms with van der Waals surface area (Å²) in [4.78, 5) is 82.4. The van der Waals surface area contributed by atoms with E-state index in [9.17, 15) is 28.8 Å². The van der Waals surface area contributed by atoms with Gasteiger partial charge in [-0.2, -0.15) is 0 Å². The quantitative estimate of drug-likeness (QED) is 0.189. The molecule has 7 rings (SSSR count). The highest BCUT2D eigenvalue weighted by Crippen LogP contribution is 2.57. The predicted octanol–water partition coefficient (Wildman–Crippen LogP) is 5.68. The van der Waals surface area contributed by atoms with Gasteiger partial charge >= 0.3 is 12.2 Å². The van der Waals surface area contributed by atoms with Crippen molar-refractivity contribution >= 4 is 47.2 Å². The number of nitrogens with zero attached hydrogens (tertiary/aromatic N) is 3. The van der Waals surface area contributed by atoms with Crippen molar-refractivity contribution in [3.05, 3.63) is 71.8 Å². The number of rotatable bonds is 11. The summed E-state index contributed by atoms with van der Waals surface area (Å²) in [5, 5.41) is 11.1. The Bertz CT molecular complexity index is 2140. The molecule has 6 atom stereocenters. The van der Waals surface area contributed by atoms with Crippen molar-refractivity contribution in [2.75, 3.05) is 51.5 Å². The van der Waals surface area contributed by atoms with Gasteiger partial charge in [-0.25, -0.2) is 9.59 Å². The standard InChI is InChI=1S/C45H55N7O8/c1-25(2)40(49-45(58)60-6)43(56)51-21-7-8-35(51)41(54)47-29-13-9-27(10-14-29)31-17-18-32(39-34-20-19-33(38(31)39)50(34)4)28-11-15-30(16-12-28)48-42(55)36-22-26(3)24-52(36)37(53)23-46-44(57)59-5/h9-18,25-26,33-36,40H,7-8,19-24H2,1-6H3,(H,46,57)(H,47,54)(H,48,55)(H,49,58)/t26-,33?,34?,35+,36+,40+/m1/s1. The molecule has 60 heavy (non-hydrogen) atoms. The molecule has 2 unspecified atom stereocenters. The number of hydrogen-bond donors (Lipinski definition) is 4. The number of benzene rings is 3. The summed E-state index contributed by atoms with van der Waals surface area (Å²) in [6.45, 7) is 6.29. The molecule has 4 aliphatic rings. The molecule has 4 N–H and O–H groups in total. The number of fused-ring (bicyclic) bond motifs is 5. The van der Waals surface area contributed by atoms with E-state index in [2.05, 4.69) is 50.1 Å². The Morgan fingerprint density at radius 2 is 1.25 bits per heavy atom. The van der Waals surface area contributed by atoms with Crippen LogP contribution in [-0.2, 0) is 28.7 Å². The van der Waals surface area contributed by atoms with Crippen LogP contribution in [-0.4, -0.2) is 110 Å². The molecule has 4 heterocycles. The molecule has 3 aromatic carbocycles. The summed E-state index contributed by atoms with van der Waals surface area (Å²) in [5.41, 5.74) is 8.24. The zero-order chi connectivity index (χ0) is 42.8. The first-order valence-electron chi connectivity index (χ1n) is 20.8. The number of nitrogens with one attached hydrogen (secondary N) is 4. The summed E-state index contributed by atoms with van der Waals surface area (Å²) in [6, 6.07) is 18.5. The first kappa shape index (κ1) is 42.2. The van der Waals surface area contributed by atoms with Gasteiger partial charge in [-0.3, -0.25) is 24.1 Å². The molecule has 15 heteroatoms. The van der Waals surface area contributed by atoms with Crippen LogP contribution < -0.4 is 21.3 Å². The van der Waals surface area contributed by atoms with Gasteiger partial charge in [0.1, 0.15) is 24.7 Å².